The summed E-state index contributed by atoms with van der Waals surface area (Å²) >= 11 is 6.31. The molecule has 1 atom stereocenters. The van der Waals surface area contributed by atoms with Crippen LogP contribution < -0.4 is 10.5 Å². The number of aromatic nitrogens is 7. The van der Waals surface area contributed by atoms with E-state index in [-0.39, 0.29) is 25.1 Å². The lowest BCUT2D eigenvalue weighted by molar-refractivity contribution is 0.602. The van der Waals surface area contributed by atoms with Gasteiger partial charge in [0.05, 0.1) is 23.1 Å². The summed E-state index contributed by atoms with van der Waals surface area (Å²) in [7, 11) is 0. The zero-order valence-electron chi connectivity index (χ0n) is 16.8. The van der Waals surface area contributed by atoms with Crippen LogP contribution in [0, 0.1) is 0 Å². The van der Waals surface area contributed by atoms with Crippen molar-refractivity contribution in [3.8, 4) is 5.69 Å². The molecule has 5 heterocycles. The molecule has 0 bridgehead atoms. The van der Waals surface area contributed by atoms with E-state index in [1.54, 1.807) is 27.7 Å². The molecule has 0 aliphatic carbocycles. The minimum absolute atomic E-state index is 0. The Hall–Kier alpha value is -3.37. The molecule has 9 nitrogen and oxygen atoms in total. The number of hydrogen-bond donors (Lipinski definition) is 1. The number of fused-ring (bicyclic) bond motifs is 2. The van der Waals surface area contributed by atoms with Crippen molar-refractivity contribution in [1.29, 1.82) is 0 Å². The van der Waals surface area contributed by atoms with E-state index in [0.29, 0.717) is 22.0 Å². The van der Waals surface area contributed by atoms with Gasteiger partial charge >= 0.3 is 0 Å². The van der Waals surface area contributed by atoms with Crippen molar-refractivity contribution in [2.45, 2.75) is 18.9 Å². The van der Waals surface area contributed by atoms with Crippen LogP contribution in [0.1, 0.15) is 24.7 Å². The summed E-state index contributed by atoms with van der Waals surface area (Å²) in [4.78, 5) is 31.9. The molecule has 6 rings (SSSR count). The molecule has 0 unspecified atom stereocenters. The summed E-state index contributed by atoms with van der Waals surface area (Å²) in [5.74, 6) is 1.39. The minimum Gasteiger partial charge on any atom is -0.344 e. The molecule has 0 amide bonds. The van der Waals surface area contributed by atoms with Crippen molar-refractivity contribution in [2.75, 3.05) is 11.4 Å². The van der Waals surface area contributed by atoms with Crippen LogP contribution in [0.3, 0.4) is 0 Å². The second-order valence-electron chi connectivity index (χ2n) is 7.44. The Kier molecular flexibility index (Phi) is 5.10. The number of nitrogens with zero attached hydrogens (tertiary/aromatic N) is 7. The lowest BCUT2D eigenvalue weighted by atomic mass is 10.2. The average Bonchev–Trinajstić information content (AvgIpc) is 3.53. The van der Waals surface area contributed by atoms with Crippen LogP contribution in [0.15, 0.2) is 60.0 Å². The Labute approximate surface area is 194 Å². The zero-order chi connectivity index (χ0) is 20.9. The van der Waals surface area contributed by atoms with Gasteiger partial charge in [-0.2, -0.15) is 18.6 Å². The maximum atomic E-state index is 13.6. The summed E-state index contributed by atoms with van der Waals surface area (Å²) in [6, 6.07) is 11.1. The number of halogens is 1. The molecule has 1 N–H and O–H groups in total. The Bertz CT molecular complexity index is 1480. The second kappa shape index (κ2) is 7.95. The van der Waals surface area contributed by atoms with Crippen molar-refractivity contribution < 1.29 is 0 Å². The SMILES string of the molecule is O=c1c2c(Cl)ccn2nc([C@@H]2CCCN2c2ncnc3nc[nH]c23)n1-c1ccccc1.S. The number of hydrogen-bond acceptors (Lipinski definition) is 6. The lowest BCUT2D eigenvalue weighted by Gasteiger charge is -2.27. The lowest BCUT2D eigenvalue weighted by Crippen LogP contribution is -2.33. The average molecular weight is 467 g/mol. The van der Waals surface area contributed by atoms with Gasteiger partial charge in [-0.25, -0.2) is 19.5 Å². The molecule has 162 valence electrons. The van der Waals surface area contributed by atoms with Crippen LogP contribution in [-0.4, -0.2) is 40.7 Å². The van der Waals surface area contributed by atoms with Crippen LogP contribution in [0.25, 0.3) is 22.4 Å². The first-order valence-corrected chi connectivity index (χ1v) is 10.4. The van der Waals surface area contributed by atoms with Gasteiger partial charge in [0, 0.05) is 12.7 Å². The Balaban J connectivity index is 0.00000216. The van der Waals surface area contributed by atoms with Gasteiger partial charge in [-0.15, -0.1) is 0 Å². The Morgan fingerprint density at radius 1 is 1.09 bits per heavy atom. The molecule has 32 heavy (non-hydrogen) atoms. The predicted molar refractivity (Wildman–Crippen MR) is 127 cm³/mol. The fraction of sp³-hybridized carbons (Fsp3) is 0.190. The van der Waals surface area contributed by atoms with Crippen LogP contribution in [0.5, 0.6) is 0 Å². The maximum Gasteiger partial charge on any atom is 0.284 e. The van der Waals surface area contributed by atoms with Gasteiger partial charge in [0.2, 0.25) is 0 Å². The van der Waals surface area contributed by atoms with Crippen molar-refractivity contribution >= 4 is 47.6 Å². The van der Waals surface area contributed by atoms with Gasteiger partial charge < -0.3 is 9.88 Å². The first-order chi connectivity index (χ1) is 15.2. The molecule has 4 aromatic heterocycles. The first kappa shape index (κ1) is 20.5. The van der Waals surface area contributed by atoms with Crippen molar-refractivity contribution in [1.82, 2.24) is 34.1 Å². The smallest absolute Gasteiger partial charge is 0.284 e. The van der Waals surface area contributed by atoms with Gasteiger partial charge in [0.25, 0.3) is 5.56 Å². The van der Waals surface area contributed by atoms with E-state index in [1.807, 2.05) is 30.3 Å². The number of H-pyrrole nitrogens is 1. The number of anilines is 1. The third-order valence-corrected chi connectivity index (χ3v) is 6.01. The first-order valence-electron chi connectivity index (χ1n) is 9.98. The molecule has 0 radical (unpaired) electrons. The highest BCUT2D eigenvalue weighted by Gasteiger charge is 2.33. The molecule has 0 saturated carbocycles. The van der Waals surface area contributed by atoms with E-state index >= 15 is 0 Å². The Morgan fingerprint density at radius 2 is 1.94 bits per heavy atom. The Morgan fingerprint density at radius 3 is 2.78 bits per heavy atom. The number of rotatable bonds is 3. The molecule has 1 aliphatic rings. The van der Waals surface area contributed by atoms with Gasteiger partial charge in [-0.3, -0.25) is 9.36 Å². The number of para-hydroxylation sites is 1. The molecule has 1 fully saturated rings. The van der Waals surface area contributed by atoms with E-state index in [4.69, 9.17) is 16.7 Å². The number of nitrogens with one attached hydrogen (secondary N) is 1. The molecule has 11 heteroatoms. The molecule has 5 aromatic rings. The summed E-state index contributed by atoms with van der Waals surface area (Å²) in [5, 5.41) is 5.22. The number of benzene rings is 1. The highest BCUT2D eigenvalue weighted by molar-refractivity contribution is 7.59. The summed E-state index contributed by atoms with van der Waals surface area (Å²) in [5.41, 5.74) is 2.28. The van der Waals surface area contributed by atoms with Crippen molar-refractivity contribution in [3.05, 3.63) is 76.5 Å². The predicted octanol–water partition coefficient (Wildman–Crippen LogP) is 3.26. The standard InChI is InChI=1S/C21H17ClN8O.H2S/c22-14-8-10-29-17(14)21(31)30(13-5-2-1-3-6-13)19(27-29)15-7-4-9-28(15)20-16-18(24-11-23-16)25-12-26-20;/h1-3,5-6,8,10-12,15H,4,7,9H2,(H,23,24,25,26);1H2/t15-;/m0./s1. The topological polar surface area (TPSA) is 97.0 Å². The van der Waals surface area contributed by atoms with Gasteiger partial charge in [-0.05, 0) is 31.0 Å². The number of imidazole rings is 1. The van der Waals surface area contributed by atoms with Crippen molar-refractivity contribution in [3.63, 3.8) is 0 Å². The van der Waals surface area contributed by atoms with Gasteiger partial charge in [-0.1, -0.05) is 29.8 Å². The molecule has 0 spiro atoms. The van der Waals surface area contributed by atoms with Crippen molar-refractivity contribution in [2.24, 2.45) is 0 Å². The number of aromatic amines is 1. The highest BCUT2D eigenvalue weighted by atomic mass is 35.5. The molecular formula is C21H19ClN8OS. The molecule has 1 aliphatic heterocycles. The summed E-state index contributed by atoms with van der Waals surface area (Å²) < 4.78 is 3.23. The van der Waals surface area contributed by atoms with Gasteiger partial charge in [0.15, 0.2) is 17.3 Å². The van der Waals surface area contributed by atoms with Crippen LogP contribution in [-0.2, 0) is 0 Å². The third kappa shape index (κ3) is 3.06. The highest BCUT2D eigenvalue weighted by Crippen LogP contribution is 2.36. The van der Waals surface area contributed by atoms with E-state index in [9.17, 15) is 4.79 Å². The van der Waals surface area contributed by atoms with E-state index in [1.165, 1.54) is 6.33 Å². The summed E-state index contributed by atoms with van der Waals surface area (Å²) in [6.07, 6.45) is 6.62. The second-order valence-corrected chi connectivity index (χ2v) is 7.85. The molecular weight excluding hydrogens is 448 g/mol. The minimum atomic E-state index is -0.201. The normalized spacial score (nSPS) is 16.0. The van der Waals surface area contributed by atoms with E-state index in [0.717, 1.165) is 36.4 Å². The third-order valence-electron chi connectivity index (χ3n) is 5.70. The molecule has 1 aromatic carbocycles. The maximum absolute atomic E-state index is 13.6. The summed E-state index contributed by atoms with van der Waals surface area (Å²) in [6.45, 7) is 0.783. The van der Waals surface area contributed by atoms with Crippen LogP contribution >= 0.6 is 25.1 Å². The monoisotopic (exact) mass is 466 g/mol. The fourth-order valence-electron chi connectivity index (χ4n) is 4.35. The fourth-order valence-corrected chi connectivity index (χ4v) is 4.57. The van der Waals surface area contributed by atoms with E-state index in [2.05, 4.69) is 24.8 Å². The van der Waals surface area contributed by atoms with Gasteiger partial charge in [0.1, 0.15) is 17.4 Å². The molecule has 1 saturated heterocycles. The van der Waals surface area contributed by atoms with Crippen LogP contribution in [0.2, 0.25) is 5.02 Å². The largest absolute Gasteiger partial charge is 0.344 e. The quantitative estimate of drug-likeness (QED) is 0.438. The zero-order valence-corrected chi connectivity index (χ0v) is 18.6. The van der Waals surface area contributed by atoms with E-state index < -0.39 is 0 Å². The van der Waals surface area contributed by atoms with Crippen LogP contribution in [0.4, 0.5) is 5.82 Å².